The van der Waals surface area contributed by atoms with Gasteiger partial charge in [0.1, 0.15) is 6.04 Å². The number of carbonyl (C=O) groups is 1. The number of nitrogens with one attached hydrogen (secondary N) is 1. The molecule has 0 aromatic heterocycles. The van der Waals surface area contributed by atoms with Gasteiger partial charge in [-0.25, -0.2) is 8.78 Å². The van der Waals surface area contributed by atoms with E-state index in [1.165, 1.54) is 11.4 Å². The summed E-state index contributed by atoms with van der Waals surface area (Å²) in [5.41, 5.74) is 0. The van der Waals surface area contributed by atoms with Crippen LogP contribution in [-0.2, 0) is 4.79 Å². The first-order valence-electron chi connectivity index (χ1n) is 3.19. The number of halogens is 4. The largest absolute Gasteiger partial charge is 0.383 e. The van der Waals surface area contributed by atoms with Crippen LogP contribution in [0.25, 0.3) is 0 Å². The number of amides is 1. The molecule has 0 fully saturated rings. The molecule has 1 amide bonds. The number of hydrogen-bond acceptors (Lipinski definition) is 2. The maximum atomic E-state index is 12.2. The van der Waals surface area contributed by atoms with Gasteiger partial charge in [0.15, 0.2) is 0 Å². The summed E-state index contributed by atoms with van der Waals surface area (Å²) in [6.45, 7) is 1.10. The third kappa shape index (κ3) is 2.89. The van der Waals surface area contributed by atoms with Gasteiger partial charge in [0.2, 0.25) is 0 Å². The molecule has 0 saturated heterocycles. The molecule has 0 radical (unpaired) electrons. The van der Waals surface area contributed by atoms with Gasteiger partial charge in [0.05, 0.1) is 6.07 Å². The Morgan fingerprint density at radius 3 is 2.31 bits per heavy atom. The van der Waals surface area contributed by atoms with Crippen LogP contribution in [0.5, 0.6) is 0 Å². The second kappa shape index (κ2) is 4.07. The Labute approximate surface area is 71.3 Å². The molecule has 7 heteroatoms. The number of hydrogen-bond donors (Lipinski definition) is 1. The number of carbonyl (C=O) groups excluding carboxylic acids is 1. The van der Waals surface area contributed by atoms with Crippen LogP contribution in [0.3, 0.4) is 0 Å². The lowest BCUT2D eigenvalue weighted by Gasteiger charge is -2.15. The van der Waals surface area contributed by atoms with Crippen molar-refractivity contribution in [1.29, 1.82) is 5.26 Å². The van der Waals surface area contributed by atoms with Crippen molar-refractivity contribution in [2.24, 2.45) is 0 Å². The third-order valence-corrected chi connectivity index (χ3v) is 1.12. The fourth-order valence-corrected chi connectivity index (χ4v) is 0.424. The van der Waals surface area contributed by atoms with Gasteiger partial charge in [0.25, 0.3) is 5.91 Å². The zero-order valence-corrected chi connectivity index (χ0v) is 6.52. The molecule has 74 valence electrons. The molecule has 0 aromatic carbocycles. The summed E-state index contributed by atoms with van der Waals surface area (Å²) < 4.78 is 47.4. The summed E-state index contributed by atoms with van der Waals surface area (Å²) in [5, 5.41) is 9.51. The van der Waals surface area contributed by atoms with Crippen LogP contribution < -0.4 is 5.32 Å². The predicted octanol–water partition coefficient (Wildman–Crippen LogP) is 0.915. The normalized spacial score (nSPS) is 13.6. The molecule has 1 unspecified atom stereocenters. The van der Waals surface area contributed by atoms with Crippen molar-refractivity contribution in [2.45, 2.75) is 25.3 Å². The summed E-state index contributed by atoms with van der Waals surface area (Å²) in [4.78, 5) is 10.4. The first-order chi connectivity index (χ1) is 5.82. The van der Waals surface area contributed by atoms with E-state index in [4.69, 9.17) is 5.26 Å². The number of nitrogens with zero attached hydrogens (tertiary/aromatic N) is 1. The van der Waals surface area contributed by atoms with E-state index in [9.17, 15) is 22.4 Å². The van der Waals surface area contributed by atoms with E-state index in [2.05, 4.69) is 0 Å². The van der Waals surface area contributed by atoms with Crippen molar-refractivity contribution in [3.05, 3.63) is 0 Å². The molecular weight excluding hydrogens is 192 g/mol. The van der Waals surface area contributed by atoms with E-state index in [1.807, 2.05) is 0 Å². The summed E-state index contributed by atoms with van der Waals surface area (Å²) >= 11 is 0. The van der Waals surface area contributed by atoms with E-state index in [-0.39, 0.29) is 0 Å². The molecule has 0 spiro atoms. The van der Waals surface area contributed by atoms with Gasteiger partial charge in [-0.1, -0.05) is 0 Å². The molecule has 0 saturated carbocycles. The van der Waals surface area contributed by atoms with Crippen molar-refractivity contribution in [2.75, 3.05) is 0 Å². The standard InChI is InChI=1S/C6H6F4N2O/c1-3(2-11)12-5(13)6(9,10)4(7)8/h3-4H,1H3,(H,12,13). The molecule has 0 aliphatic heterocycles. The first-order valence-corrected chi connectivity index (χ1v) is 3.19. The topological polar surface area (TPSA) is 52.9 Å². The summed E-state index contributed by atoms with van der Waals surface area (Å²) in [6, 6.07) is 0.172. The average Bonchev–Trinajstić information content (AvgIpc) is 2.03. The minimum absolute atomic E-state index is 1.10. The van der Waals surface area contributed by atoms with Crippen LogP contribution in [-0.4, -0.2) is 24.3 Å². The minimum Gasteiger partial charge on any atom is -0.335 e. The average molecular weight is 198 g/mol. The Morgan fingerprint density at radius 2 is 2.00 bits per heavy atom. The predicted molar refractivity (Wildman–Crippen MR) is 34.2 cm³/mol. The number of nitriles is 1. The Kier molecular flexibility index (Phi) is 3.66. The van der Waals surface area contributed by atoms with Crippen molar-refractivity contribution in [1.82, 2.24) is 5.32 Å². The van der Waals surface area contributed by atoms with Gasteiger partial charge in [-0.15, -0.1) is 0 Å². The second-order valence-electron chi connectivity index (χ2n) is 2.25. The summed E-state index contributed by atoms with van der Waals surface area (Å²) in [6.07, 6.45) is -4.07. The Balaban J connectivity index is 4.36. The molecule has 0 bridgehead atoms. The van der Waals surface area contributed by atoms with Crippen LogP contribution >= 0.6 is 0 Å². The smallest absolute Gasteiger partial charge is 0.335 e. The van der Waals surface area contributed by atoms with Crippen molar-refractivity contribution in [3.8, 4) is 6.07 Å². The van der Waals surface area contributed by atoms with Crippen molar-refractivity contribution < 1.29 is 22.4 Å². The molecule has 0 aliphatic rings. The van der Waals surface area contributed by atoms with Crippen LogP contribution in [0.2, 0.25) is 0 Å². The van der Waals surface area contributed by atoms with Gasteiger partial charge in [-0.2, -0.15) is 14.0 Å². The Morgan fingerprint density at radius 1 is 1.54 bits per heavy atom. The lowest BCUT2D eigenvalue weighted by Crippen LogP contribution is -2.47. The highest BCUT2D eigenvalue weighted by Crippen LogP contribution is 2.22. The van der Waals surface area contributed by atoms with Gasteiger partial charge >= 0.3 is 12.3 Å². The van der Waals surface area contributed by atoms with E-state index in [0.717, 1.165) is 6.92 Å². The van der Waals surface area contributed by atoms with E-state index in [0.29, 0.717) is 0 Å². The first kappa shape index (κ1) is 11.7. The molecule has 13 heavy (non-hydrogen) atoms. The molecule has 0 rings (SSSR count). The quantitative estimate of drug-likeness (QED) is 0.685. The third-order valence-electron chi connectivity index (χ3n) is 1.12. The van der Waals surface area contributed by atoms with Gasteiger partial charge in [0, 0.05) is 0 Å². The minimum atomic E-state index is -4.74. The van der Waals surface area contributed by atoms with Crippen LogP contribution in [0.1, 0.15) is 6.92 Å². The van der Waals surface area contributed by atoms with Gasteiger partial charge in [-0.05, 0) is 6.92 Å². The lowest BCUT2D eigenvalue weighted by molar-refractivity contribution is -0.169. The fourth-order valence-electron chi connectivity index (χ4n) is 0.424. The van der Waals surface area contributed by atoms with E-state index < -0.39 is 24.3 Å². The molecule has 3 nitrogen and oxygen atoms in total. The summed E-state index contributed by atoms with van der Waals surface area (Å²) in [5.74, 6) is -6.89. The number of rotatable bonds is 3. The van der Waals surface area contributed by atoms with E-state index >= 15 is 0 Å². The fraction of sp³-hybridized carbons (Fsp3) is 0.667. The van der Waals surface area contributed by atoms with Crippen LogP contribution in [0.15, 0.2) is 0 Å². The van der Waals surface area contributed by atoms with Crippen LogP contribution in [0.4, 0.5) is 17.6 Å². The SMILES string of the molecule is CC(C#N)NC(=O)C(F)(F)C(F)F. The van der Waals surface area contributed by atoms with Crippen molar-refractivity contribution >= 4 is 5.91 Å². The molecule has 0 aliphatic carbocycles. The second-order valence-corrected chi connectivity index (χ2v) is 2.25. The highest BCUT2D eigenvalue weighted by Gasteiger charge is 2.49. The molecule has 0 heterocycles. The zero-order valence-electron chi connectivity index (χ0n) is 6.52. The van der Waals surface area contributed by atoms with E-state index in [1.54, 1.807) is 0 Å². The molecule has 1 N–H and O–H groups in total. The monoisotopic (exact) mass is 198 g/mol. The lowest BCUT2D eigenvalue weighted by atomic mass is 10.3. The maximum absolute atomic E-state index is 12.2. The number of alkyl halides is 4. The summed E-state index contributed by atoms with van der Waals surface area (Å²) in [7, 11) is 0. The molecular formula is C6H6F4N2O. The van der Waals surface area contributed by atoms with Crippen molar-refractivity contribution in [3.63, 3.8) is 0 Å². The van der Waals surface area contributed by atoms with Gasteiger partial charge < -0.3 is 5.32 Å². The highest BCUT2D eigenvalue weighted by atomic mass is 19.3. The van der Waals surface area contributed by atoms with Gasteiger partial charge in [-0.3, -0.25) is 4.79 Å². The Hall–Kier alpha value is -1.32. The van der Waals surface area contributed by atoms with Crippen LogP contribution in [0, 0.1) is 11.3 Å². The highest BCUT2D eigenvalue weighted by molar-refractivity contribution is 5.84. The molecule has 0 aromatic rings. The molecule has 1 atom stereocenters. The zero-order chi connectivity index (χ0) is 10.6. The Bertz CT molecular complexity index is 235. The maximum Gasteiger partial charge on any atom is 0.383 e.